The zero-order valence-corrected chi connectivity index (χ0v) is 30.6. The van der Waals surface area contributed by atoms with E-state index in [2.05, 4.69) is 176 Å². The topological polar surface area (TPSA) is 16.4 Å². The molecule has 0 saturated carbocycles. The molecule has 0 amide bonds. The van der Waals surface area contributed by atoms with Gasteiger partial charge in [0, 0.05) is 37.5 Å². The molecule has 0 atom stereocenters. The highest BCUT2D eigenvalue weighted by molar-refractivity contribution is 7.26. The number of hydrogen-bond donors (Lipinski definition) is 0. The van der Waals surface area contributed by atoms with E-state index in [0.29, 0.717) is 0 Å². The van der Waals surface area contributed by atoms with Crippen LogP contribution in [-0.2, 0) is 0 Å². The Morgan fingerprint density at radius 1 is 0.593 bits per heavy atom. The number of anilines is 3. The molecule has 0 N–H and O–H groups in total. The smallest absolute Gasteiger partial charge is 0.135 e. The molecule has 0 unspecified atom stereocenters. The highest BCUT2D eigenvalue weighted by atomic mass is 32.1. The number of rotatable bonds is 7. The lowest BCUT2D eigenvalue weighted by Crippen LogP contribution is -2.11. The Balaban J connectivity index is 1.27. The average Bonchev–Trinajstić information content (AvgIpc) is 3.79. The summed E-state index contributed by atoms with van der Waals surface area (Å²) in [4.78, 5) is 2.48. The molecule has 0 saturated heterocycles. The number of allylic oxidation sites excluding steroid dienone is 1. The summed E-state index contributed by atoms with van der Waals surface area (Å²) in [6.07, 6.45) is 4.07. The Hall–Kier alpha value is -6.68. The van der Waals surface area contributed by atoms with E-state index in [1.807, 2.05) is 35.6 Å². The molecule has 2 nitrogen and oxygen atoms in total. The van der Waals surface area contributed by atoms with E-state index in [0.717, 1.165) is 61.6 Å². The van der Waals surface area contributed by atoms with Gasteiger partial charge in [0.1, 0.15) is 11.3 Å². The Morgan fingerprint density at radius 2 is 1.28 bits per heavy atom. The predicted molar refractivity (Wildman–Crippen MR) is 234 cm³/mol. The van der Waals surface area contributed by atoms with Crippen LogP contribution < -0.4 is 4.90 Å². The zero-order valence-electron chi connectivity index (χ0n) is 29.8. The third-order valence-corrected chi connectivity index (χ3v) is 11.8. The van der Waals surface area contributed by atoms with Crippen LogP contribution in [-0.4, -0.2) is 0 Å². The molecule has 0 spiro atoms. The lowest BCUT2D eigenvalue weighted by Gasteiger charge is -2.29. The molecule has 0 aliphatic carbocycles. The number of fused-ring (bicyclic) bond motifs is 7. The highest BCUT2D eigenvalue weighted by Gasteiger charge is 2.23. The van der Waals surface area contributed by atoms with Crippen molar-refractivity contribution in [2.24, 2.45) is 0 Å². The van der Waals surface area contributed by atoms with Gasteiger partial charge >= 0.3 is 0 Å². The van der Waals surface area contributed by atoms with Gasteiger partial charge in [-0.15, -0.1) is 11.3 Å². The first-order chi connectivity index (χ1) is 26.7. The molecule has 0 fully saturated rings. The van der Waals surface area contributed by atoms with Gasteiger partial charge < -0.3 is 9.32 Å². The Bertz CT molecular complexity index is 3090. The van der Waals surface area contributed by atoms with Gasteiger partial charge in [0.2, 0.25) is 0 Å². The summed E-state index contributed by atoms with van der Waals surface area (Å²) >= 11 is 1.86. The lowest BCUT2D eigenvalue weighted by atomic mass is 9.93. The summed E-state index contributed by atoms with van der Waals surface area (Å²) in [6, 6.07) is 61.2. The number of para-hydroxylation sites is 1. The van der Waals surface area contributed by atoms with Crippen molar-refractivity contribution in [3.63, 3.8) is 0 Å². The second-order valence-corrected chi connectivity index (χ2v) is 14.8. The minimum atomic E-state index is 0.806. The van der Waals surface area contributed by atoms with Crippen LogP contribution in [0, 0.1) is 0 Å². The van der Waals surface area contributed by atoms with Crippen molar-refractivity contribution >= 4 is 98.8 Å². The van der Waals surface area contributed by atoms with Gasteiger partial charge in [-0.1, -0.05) is 146 Å². The van der Waals surface area contributed by atoms with E-state index in [1.165, 1.54) is 41.7 Å². The largest absolute Gasteiger partial charge is 0.456 e. The molecule has 2 heterocycles. The molecule has 10 rings (SSSR count). The monoisotopic (exact) mass is 709 g/mol. The molecule has 256 valence electrons. The standard InChI is InChI=1S/C51H35NOS/c1-3-37-42-22-11-13-26-48(42)53-49(37)30-33(2)45-32-36(28-29-39(45)34-16-5-4-6-17-34)52(46-25-15-24-44-43-23-12-14-27-50(43)54-51(44)46)47-31-35-18-7-8-19-38(35)40-20-9-10-21-41(40)47/h3-32H,1H2,2H3/b33-30+. The van der Waals surface area contributed by atoms with Crippen molar-refractivity contribution in [2.75, 3.05) is 4.90 Å². The minimum Gasteiger partial charge on any atom is -0.456 e. The van der Waals surface area contributed by atoms with Gasteiger partial charge in [-0.2, -0.15) is 0 Å². The number of furan rings is 1. The van der Waals surface area contributed by atoms with Gasteiger partial charge in [0.15, 0.2) is 0 Å². The van der Waals surface area contributed by atoms with E-state index in [1.54, 1.807) is 0 Å². The van der Waals surface area contributed by atoms with Crippen molar-refractivity contribution < 1.29 is 4.42 Å². The van der Waals surface area contributed by atoms with Gasteiger partial charge in [0.05, 0.1) is 16.1 Å². The number of thiophene rings is 1. The van der Waals surface area contributed by atoms with Crippen molar-refractivity contribution in [1.29, 1.82) is 0 Å². The maximum atomic E-state index is 6.45. The molecule has 0 bridgehead atoms. The fraction of sp³-hybridized carbons (Fsp3) is 0.0196. The SMILES string of the molecule is C=Cc1c(/C=C(\C)c2cc(N(c3cc4ccccc4c4ccccc34)c3cccc4c3sc3ccccc34)ccc2-c2ccccc2)oc2ccccc12. The van der Waals surface area contributed by atoms with Gasteiger partial charge in [-0.25, -0.2) is 0 Å². The molecule has 0 aliphatic heterocycles. The Kier molecular flexibility index (Phi) is 7.75. The average molecular weight is 710 g/mol. The van der Waals surface area contributed by atoms with E-state index in [4.69, 9.17) is 4.42 Å². The molecule has 2 aromatic heterocycles. The fourth-order valence-corrected chi connectivity index (χ4v) is 9.29. The van der Waals surface area contributed by atoms with Crippen LogP contribution in [0.25, 0.3) is 81.5 Å². The van der Waals surface area contributed by atoms with E-state index < -0.39 is 0 Å². The molecule has 0 radical (unpaired) electrons. The van der Waals surface area contributed by atoms with E-state index >= 15 is 0 Å². The number of hydrogen-bond acceptors (Lipinski definition) is 3. The number of nitrogens with zero attached hydrogens (tertiary/aromatic N) is 1. The molecular formula is C51H35NOS. The van der Waals surface area contributed by atoms with Crippen molar-refractivity contribution in [2.45, 2.75) is 6.92 Å². The molecule has 0 aliphatic rings. The molecular weight excluding hydrogens is 675 g/mol. The molecule has 54 heavy (non-hydrogen) atoms. The molecule has 3 heteroatoms. The van der Waals surface area contributed by atoms with Crippen LogP contribution in [0.15, 0.2) is 181 Å². The van der Waals surface area contributed by atoms with Crippen LogP contribution in [0.5, 0.6) is 0 Å². The Labute approximate surface area is 318 Å². The zero-order chi connectivity index (χ0) is 36.2. The summed E-state index contributed by atoms with van der Waals surface area (Å²) in [5.41, 5.74) is 9.78. The quantitative estimate of drug-likeness (QED) is 0.153. The normalized spacial score (nSPS) is 12.0. The van der Waals surface area contributed by atoms with Crippen LogP contribution in [0.4, 0.5) is 17.1 Å². The third kappa shape index (κ3) is 5.24. The predicted octanol–water partition coefficient (Wildman–Crippen LogP) is 15.4. The van der Waals surface area contributed by atoms with Crippen molar-refractivity contribution in [3.05, 3.63) is 193 Å². The summed E-state index contributed by atoms with van der Waals surface area (Å²) in [7, 11) is 0. The second-order valence-electron chi connectivity index (χ2n) is 13.8. The highest BCUT2D eigenvalue weighted by Crippen LogP contribution is 2.48. The van der Waals surface area contributed by atoms with Crippen molar-refractivity contribution in [1.82, 2.24) is 0 Å². The van der Waals surface area contributed by atoms with Crippen LogP contribution in [0.1, 0.15) is 23.8 Å². The van der Waals surface area contributed by atoms with Crippen molar-refractivity contribution in [3.8, 4) is 11.1 Å². The first-order valence-electron chi connectivity index (χ1n) is 18.3. The summed E-state index contributed by atoms with van der Waals surface area (Å²) in [5, 5.41) is 8.51. The van der Waals surface area contributed by atoms with E-state index in [9.17, 15) is 0 Å². The first kappa shape index (κ1) is 32.0. The molecule has 10 aromatic rings. The van der Waals surface area contributed by atoms with Gasteiger partial charge in [-0.05, 0) is 87.8 Å². The third-order valence-electron chi connectivity index (χ3n) is 10.6. The maximum absolute atomic E-state index is 6.45. The summed E-state index contributed by atoms with van der Waals surface area (Å²) in [6.45, 7) is 6.34. The van der Waals surface area contributed by atoms with Gasteiger partial charge in [0.25, 0.3) is 0 Å². The van der Waals surface area contributed by atoms with Crippen LogP contribution in [0.3, 0.4) is 0 Å². The first-order valence-corrected chi connectivity index (χ1v) is 19.1. The molecule has 8 aromatic carbocycles. The second kappa shape index (κ2) is 13.1. The van der Waals surface area contributed by atoms with Crippen LogP contribution >= 0.6 is 11.3 Å². The lowest BCUT2D eigenvalue weighted by molar-refractivity contribution is 0.603. The maximum Gasteiger partial charge on any atom is 0.135 e. The summed E-state index contributed by atoms with van der Waals surface area (Å²) in [5.74, 6) is 0.806. The Morgan fingerprint density at radius 3 is 2.11 bits per heavy atom. The van der Waals surface area contributed by atoms with Crippen LogP contribution in [0.2, 0.25) is 0 Å². The fourth-order valence-electron chi connectivity index (χ4n) is 8.08. The van der Waals surface area contributed by atoms with E-state index in [-0.39, 0.29) is 0 Å². The summed E-state index contributed by atoms with van der Waals surface area (Å²) < 4.78 is 9.00. The van der Waals surface area contributed by atoms with Gasteiger partial charge in [-0.3, -0.25) is 0 Å². The minimum absolute atomic E-state index is 0.806. The number of benzene rings is 8.